The van der Waals surface area contributed by atoms with E-state index < -0.39 is 0 Å². The van der Waals surface area contributed by atoms with Crippen LogP contribution in [0.3, 0.4) is 0 Å². The molecule has 0 radical (unpaired) electrons. The molecule has 0 heterocycles. The smallest absolute Gasteiger partial charge is 0.0353 e. The van der Waals surface area contributed by atoms with Crippen LogP contribution in [0, 0.1) is 0 Å². The lowest BCUT2D eigenvalue weighted by molar-refractivity contribution is 0.663. The highest BCUT2D eigenvalue weighted by atomic mass is 32.2. The van der Waals surface area contributed by atoms with Crippen LogP contribution in [0.5, 0.6) is 0 Å². The Morgan fingerprint density at radius 2 is 2.30 bits per heavy atom. The third-order valence-corrected chi connectivity index (χ3v) is 1.88. The fourth-order valence-corrected chi connectivity index (χ4v) is 1.17. The quantitative estimate of drug-likeness (QED) is 0.661. The molecule has 1 aromatic rings. The lowest BCUT2D eigenvalue weighted by Crippen LogP contribution is -1.78. The minimum atomic E-state index is 0.798. The first-order valence-corrected chi connectivity index (χ1v) is 4.04. The highest BCUT2D eigenvalue weighted by Gasteiger charge is 1.91. The second-order valence-corrected chi connectivity index (χ2v) is 2.75. The molecule has 1 nitrogen and oxygen atoms in total. The summed E-state index contributed by atoms with van der Waals surface area (Å²) in [5, 5.41) is 0. The molecule has 0 unspecified atom stereocenters. The molecule has 0 saturated carbocycles. The van der Waals surface area contributed by atoms with Crippen LogP contribution >= 0.6 is 12.0 Å². The van der Waals surface area contributed by atoms with Crippen LogP contribution < -0.4 is 0 Å². The first kappa shape index (κ1) is 7.63. The lowest BCUT2D eigenvalue weighted by atomic mass is 10.2. The van der Waals surface area contributed by atoms with Gasteiger partial charge in [-0.3, -0.25) is 0 Å². The molecule has 0 aliphatic rings. The molecular formula is C8H10OS. The number of hydrogen-bond donors (Lipinski definition) is 1. The Bertz CT molecular complexity index is 191. The van der Waals surface area contributed by atoms with Crippen LogP contribution in [-0.4, -0.2) is 4.55 Å². The van der Waals surface area contributed by atoms with E-state index in [1.807, 2.05) is 18.2 Å². The standard InChI is InChI=1S/C8H10OS/c1-2-7-4-3-5-8(6-7)10-9/h3-6,9H,2H2,1H3. The molecule has 0 amide bonds. The summed E-state index contributed by atoms with van der Waals surface area (Å²) in [6, 6.07) is 7.89. The number of aryl methyl sites for hydroxylation is 1. The molecule has 0 bridgehead atoms. The van der Waals surface area contributed by atoms with Crippen molar-refractivity contribution >= 4 is 12.0 Å². The van der Waals surface area contributed by atoms with E-state index in [2.05, 4.69) is 13.0 Å². The maximum absolute atomic E-state index is 8.67. The first-order chi connectivity index (χ1) is 4.86. The van der Waals surface area contributed by atoms with Crippen molar-refractivity contribution in [3.8, 4) is 0 Å². The van der Waals surface area contributed by atoms with E-state index in [-0.39, 0.29) is 0 Å². The van der Waals surface area contributed by atoms with Crippen LogP contribution in [0.25, 0.3) is 0 Å². The average molecular weight is 154 g/mol. The molecule has 0 aliphatic heterocycles. The zero-order valence-electron chi connectivity index (χ0n) is 5.87. The highest BCUT2D eigenvalue weighted by molar-refractivity contribution is 7.93. The number of benzene rings is 1. The summed E-state index contributed by atoms with van der Waals surface area (Å²) < 4.78 is 8.67. The molecule has 0 atom stereocenters. The lowest BCUT2D eigenvalue weighted by Gasteiger charge is -1.97. The molecular weight excluding hydrogens is 144 g/mol. The van der Waals surface area contributed by atoms with Crippen molar-refractivity contribution in [1.29, 1.82) is 0 Å². The van der Waals surface area contributed by atoms with Crippen LogP contribution in [-0.2, 0) is 6.42 Å². The molecule has 2 heteroatoms. The minimum Gasteiger partial charge on any atom is -0.325 e. The summed E-state index contributed by atoms with van der Waals surface area (Å²) in [4.78, 5) is 0.916. The van der Waals surface area contributed by atoms with Crippen molar-refractivity contribution in [1.82, 2.24) is 0 Å². The summed E-state index contributed by atoms with van der Waals surface area (Å²) in [5.41, 5.74) is 1.26. The molecule has 0 spiro atoms. The van der Waals surface area contributed by atoms with Gasteiger partial charge in [0.05, 0.1) is 0 Å². The molecule has 0 fully saturated rings. The largest absolute Gasteiger partial charge is 0.325 e. The van der Waals surface area contributed by atoms with Crippen molar-refractivity contribution in [3.63, 3.8) is 0 Å². The average Bonchev–Trinajstić information content (AvgIpc) is 2.05. The van der Waals surface area contributed by atoms with Gasteiger partial charge in [0.25, 0.3) is 0 Å². The van der Waals surface area contributed by atoms with Crippen LogP contribution in [0.2, 0.25) is 0 Å². The van der Waals surface area contributed by atoms with Gasteiger partial charge in [0.1, 0.15) is 0 Å². The fraction of sp³-hybridized carbons (Fsp3) is 0.250. The van der Waals surface area contributed by atoms with Gasteiger partial charge in [-0.1, -0.05) is 19.1 Å². The van der Waals surface area contributed by atoms with Crippen molar-refractivity contribution in [2.24, 2.45) is 0 Å². The number of rotatable bonds is 2. The predicted octanol–water partition coefficient (Wildman–Crippen LogP) is 2.81. The second-order valence-electron chi connectivity index (χ2n) is 2.09. The Hall–Kier alpha value is -0.470. The van der Waals surface area contributed by atoms with E-state index in [4.69, 9.17) is 4.55 Å². The Morgan fingerprint density at radius 3 is 2.90 bits per heavy atom. The maximum atomic E-state index is 8.67. The third kappa shape index (κ3) is 1.75. The monoisotopic (exact) mass is 154 g/mol. The Kier molecular flexibility index (Phi) is 2.78. The van der Waals surface area contributed by atoms with Crippen LogP contribution in [0.4, 0.5) is 0 Å². The zero-order valence-corrected chi connectivity index (χ0v) is 6.69. The number of hydrogen-bond acceptors (Lipinski definition) is 2. The minimum absolute atomic E-state index is 0.798. The molecule has 0 saturated heterocycles. The highest BCUT2D eigenvalue weighted by Crippen LogP contribution is 2.15. The van der Waals surface area contributed by atoms with Gasteiger partial charge in [0.2, 0.25) is 0 Å². The Morgan fingerprint density at radius 1 is 1.50 bits per heavy atom. The van der Waals surface area contributed by atoms with Gasteiger partial charge in [-0.2, -0.15) is 0 Å². The van der Waals surface area contributed by atoms with Gasteiger partial charge in [0, 0.05) is 16.9 Å². The molecule has 10 heavy (non-hydrogen) atoms. The summed E-state index contributed by atoms with van der Waals surface area (Å²) in [6.45, 7) is 2.10. The van der Waals surface area contributed by atoms with Gasteiger partial charge in [-0.15, -0.1) is 0 Å². The molecule has 0 aromatic heterocycles. The van der Waals surface area contributed by atoms with E-state index in [1.54, 1.807) is 0 Å². The van der Waals surface area contributed by atoms with E-state index >= 15 is 0 Å². The predicted molar refractivity (Wildman–Crippen MR) is 44.3 cm³/mol. The van der Waals surface area contributed by atoms with E-state index in [9.17, 15) is 0 Å². The van der Waals surface area contributed by atoms with Crippen LogP contribution in [0.15, 0.2) is 29.2 Å². The topological polar surface area (TPSA) is 20.2 Å². The van der Waals surface area contributed by atoms with Gasteiger partial charge < -0.3 is 4.55 Å². The van der Waals surface area contributed by atoms with E-state index in [1.165, 1.54) is 5.56 Å². The summed E-state index contributed by atoms with van der Waals surface area (Å²) in [6.07, 6.45) is 1.02. The van der Waals surface area contributed by atoms with Gasteiger partial charge in [-0.05, 0) is 24.1 Å². The maximum Gasteiger partial charge on any atom is 0.0353 e. The summed E-state index contributed by atoms with van der Waals surface area (Å²) in [7, 11) is 0. The third-order valence-electron chi connectivity index (χ3n) is 1.41. The molecule has 1 N–H and O–H groups in total. The molecule has 1 rings (SSSR count). The normalized spacial score (nSPS) is 9.80. The van der Waals surface area contributed by atoms with Crippen molar-refractivity contribution in [2.75, 3.05) is 0 Å². The van der Waals surface area contributed by atoms with Crippen LogP contribution in [0.1, 0.15) is 12.5 Å². The van der Waals surface area contributed by atoms with Gasteiger partial charge in [-0.25, -0.2) is 0 Å². The molecule has 54 valence electrons. The van der Waals surface area contributed by atoms with Gasteiger partial charge >= 0.3 is 0 Å². The Balaban J connectivity index is 2.87. The first-order valence-electron chi connectivity index (χ1n) is 3.27. The van der Waals surface area contributed by atoms with E-state index in [0.717, 1.165) is 23.4 Å². The fourth-order valence-electron chi connectivity index (χ4n) is 0.822. The van der Waals surface area contributed by atoms with Crippen molar-refractivity contribution < 1.29 is 4.55 Å². The summed E-state index contributed by atoms with van der Waals surface area (Å²) >= 11 is 0.798. The summed E-state index contributed by atoms with van der Waals surface area (Å²) in [5.74, 6) is 0. The second kappa shape index (κ2) is 3.64. The van der Waals surface area contributed by atoms with Gasteiger partial charge in [0.15, 0.2) is 0 Å². The van der Waals surface area contributed by atoms with Crippen molar-refractivity contribution in [2.45, 2.75) is 18.2 Å². The SMILES string of the molecule is CCc1cccc(SO)c1. The zero-order chi connectivity index (χ0) is 7.40. The van der Waals surface area contributed by atoms with Crippen molar-refractivity contribution in [3.05, 3.63) is 29.8 Å². The molecule has 0 aliphatic carbocycles. The van der Waals surface area contributed by atoms with E-state index in [0.29, 0.717) is 0 Å². The molecule has 1 aromatic carbocycles. The Labute approximate surface area is 65.3 Å².